The third kappa shape index (κ3) is 3.04. The lowest BCUT2D eigenvalue weighted by molar-refractivity contribution is 0.207. The Morgan fingerprint density at radius 2 is 2.00 bits per heavy atom. The van der Waals surface area contributed by atoms with E-state index in [-0.39, 0.29) is 6.04 Å². The van der Waals surface area contributed by atoms with Gasteiger partial charge in [-0.05, 0) is 40.4 Å². The summed E-state index contributed by atoms with van der Waals surface area (Å²) in [5, 5.41) is 5.77. The molecule has 1 atom stereocenters. The van der Waals surface area contributed by atoms with Crippen LogP contribution in [0.25, 0.3) is 10.1 Å². The predicted molar refractivity (Wildman–Crippen MR) is 94.0 cm³/mol. The number of likely N-dealkylation sites (N-methyl/N-ethyl adjacent to an activating group) is 1. The zero-order chi connectivity index (χ0) is 14.7. The standard InChI is InChI=1S/C17H20N2S2/c1-2-19(11-13-6-5-9-20-13)16(10-18)15-12-21-17-8-4-3-7-14(15)17/h3-9,12,16H,2,10-11,18H2,1H3. The van der Waals surface area contributed by atoms with Crippen molar-refractivity contribution >= 4 is 32.8 Å². The van der Waals surface area contributed by atoms with Gasteiger partial charge < -0.3 is 5.73 Å². The minimum atomic E-state index is 0.285. The van der Waals surface area contributed by atoms with Crippen LogP contribution in [0.2, 0.25) is 0 Å². The summed E-state index contributed by atoms with van der Waals surface area (Å²) in [6, 6.07) is 13.2. The van der Waals surface area contributed by atoms with Gasteiger partial charge in [0.05, 0.1) is 0 Å². The van der Waals surface area contributed by atoms with Crippen LogP contribution >= 0.6 is 22.7 Å². The van der Waals surface area contributed by atoms with Crippen LogP contribution < -0.4 is 5.73 Å². The topological polar surface area (TPSA) is 29.3 Å². The van der Waals surface area contributed by atoms with Crippen molar-refractivity contribution in [1.29, 1.82) is 0 Å². The summed E-state index contributed by atoms with van der Waals surface area (Å²) in [4.78, 5) is 3.87. The Balaban J connectivity index is 1.92. The smallest absolute Gasteiger partial charge is 0.0488 e. The van der Waals surface area contributed by atoms with Crippen molar-refractivity contribution in [3.8, 4) is 0 Å². The zero-order valence-electron chi connectivity index (χ0n) is 12.2. The lowest BCUT2D eigenvalue weighted by atomic mass is 10.0. The monoisotopic (exact) mass is 316 g/mol. The fourth-order valence-electron chi connectivity index (χ4n) is 2.77. The number of nitrogens with zero attached hydrogens (tertiary/aromatic N) is 1. The van der Waals surface area contributed by atoms with E-state index in [0.29, 0.717) is 6.54 Å². The van der Waals surface area contributed by atoms with E-state index in [2.05, 4.69) is 59.0 Å². The van der Waals surface area contributed by atoms with Gasteiger partial charge in [-0.25, -0.2) is 0 Å². The molecule has 0 radical (unpaired) electrons. The first-order valence-corrected chi connectivity index (χ1v) is 9.02. The van der Waals surface area contributed by atoms with Crippen LogP contribution in [0, 0.1) is 0 Å². The van der Waals surface area contributed by atoms with E-state index in [4.69, 9.17) is 5.73 Å². The first-order chi connectivity index (χ1) is 10.3. The Kier molecular flexibility index (Phi) is 4.70. The summed E-state index contributed by atoms with van der Waals surface area (Å²) in [5.41, 5.74) is 7.50. The Hall–Kier alpha value is -1.20. The number of hydrogen-bond acceptors (Lipinski definition) is 4. The highest BCUT2D eigenvalue weighted by Crippen LogP contribution is 2.33. The van der Waals surface area contributed by atoms with E-state index in [1.165, 1.54) is 20.5 Å². The molecule has 2 nitrogen and oxygen atoms in total. The number of nitrogens with two attached hydrogens (primary N) is 1. The first kappa shape index (κ1) is 14.7. The quantitative estimate of drug-likeness (QED) is 0.726. The predicted octanol–water partition coefficient (Wildman–Crippen LogP) is 4.48. The van der Waals surface area contributed by atoms with Crippen LogP contribution in [0.1, 0.15) is 23.4 Å². The maximum atomic E-state index is 6.13. The van der Waals surface area contributed by atoms with Crippen molar-refractivity contribution in [2.45, 2.75) is 19.5 Å². The molecule has 3 rings (SSSR count). The molecule has 0 saturated heterocycles. The SMILES string of the molecule is CCN(Cc1cccs1)C(CN)c1csc2ccccc12. The Morgan fingerprint density at radius 1 is 1.14 bits per heavy atom. The summed E-state index contributed by atoms with van der Waals surface area (Å²) in [6.45, 7) is 4.84. The highest BCUT2D eigenvalue weighted by molar-refractivity contribution is 7.17. The van der Waals surface area contributed by atoms with Gasteiger partial charge in [-0.15, -0.1) is 22.7 Å². The van der Waals surface area contributed by atoms with Crippen LogP contribution in [0.4, 0.5) is 0 Å². The van der Waals surface area contributed by atoms with Gasteiger partial charge in [0.2, 0.25) is 0 Å². The first-order valence-electron chi connectivity index (χ1n) is 7.26. The summed E-state index contributed by atoms with van der Waals surface area (Å²) in [6.07, 6.45) is 0. The van der Waals surface area contributed by atoms with Crippen molar-refractivity contribution in [3.63, 3.8) is 0 Å². The van der Waals surface area contributed by atoms with Gasteiger partial charge in [0.15, 0.2) is 0 Å². The number of fused-ring (bicyclic) bond motifs is 1. The molecule has 2 N–H and O–H groups in total. The third-order valence-electron chi connectivity index (χ3n) is 3.88. The molecule has 1 aromatic carbocycles. The van der Waals surface area contributed by atoms with Crippen LogP contribution in [0.15, 0.2) is 47.2 Å². The molecule has 0 aliphatic heterocycles. The molecular weight excluding hydrogens is 296 g/mol. The van der Waals surface area contributed by atoms with E-state index in [1.54, 1.807) is 0 Å². The molecule has 2 aromatic heterocycles. The van der Waals surface area contributed by atoms with Crippen molar-refractivity contribution < 1.29 is 0 Å². The molecule has 0 fully saturated rings. The minimum absolute atomic E-state index is 0.285. The van der Waals surface area contributed by atoms with Gasteiger partial charge in [-0.1, -0.05) is 31.2 Å². The highest BCUT2D eigenvalue weighted by Gasteiger charge is 2.21. The third-order valence-corrected chi connectivity index (χ3v) is 5.72. The van der Waals surface area contributed by atoms with Crippen molar-refractivity contribution in [2.75, 3.05) is 13.1 Å². The second-order valence-electron chi connectivity index (χ2n) is 5.08. The molecule has 0 aliphatic carbocycles. The number of benzene rings is 1. The zero-order valence-corrected chi connectivity index (χ0v) is 13.8. The lowest BCUT2D eigenvalue weighted by Crippen LogP contribution is -2.32. The van der Waals surface area contributed by atoms with Crippen LogP contribution in [0.5, 0.6) is 0 Å². The van der Waals surface area contributed by atoms with Crippen LogP contribution in [-0.2, 0) is 6.54 Å². The normalized spacial score (nSPS) is 13.1. The van der Waals surface area contributed by atoms with Crippen LogP contribution in [-0.4, -0.2) is 18.0 Å². The average Bonchev–Trinajstić information content (AvgIpc) is 3.17. The Morgan fingerprint density at radius 3 is 2.71 bits per heavy atom. The molecule has 0 aliphatic rings. The molecule has 4 heteroatoms. The van der Waals surface area contributed by atoms with E-state index >= 15 is 0 Å². The van der Waals surface area contributed by atoms with Gasteiger partial charge >= 0.3 is 0 Å². The molecule has 110 valence electrons. The molecule has 0 spiro atoms. The molecule has 0 amide bonds. The van der Waals surface area contributed by atoms with Gasteiger partial charge in [0, 0.05) is 28.7 Å². The van der Waals surface area contributed by atoms with Crippen molar-refractivity contribution in [3.05, 3.63) is 57.6 Å². The van der Waals surface area contributed by atoms with E-state index in [9.17, 15) is 0 Å². The number of hydrogen-bond donors (Lipinski definition) is 1. The maximum absolute atomic E-state index is 6.13. The highest BCUT2D eigenvalue weighted by atomic mass is 32.1. The molecule has 21 heavy (non-hydrogen) atoms. The molecule has 3 aromatic rings. The molecule has 1 unspecified atom stereocenters. The van der Waals surface area contributed by atoms with Crippen LogP contribution in [0.3, 0.4) is 0 Å². The molecular formula is C17H20N2S2. The second kappa shape index (κ2) is 6.71. The fourth-order valence-corrected chi connectivity index (χ4v) is 4.51. The van der Waals surface area contributed by atoms with Crippen molar-refractivity contribution in [2.24, 2.45) is 5.73 Å². The fraction of sp³-hybridized carbons (Fsp3) is 0.294. The maximum Gasteiger partial charge on any atom is 0.0488 e. The second-order valence-corrected chi connectivity index (χ2v) is 7.02. The summed E-state index contributed by atoms with van der Waals surface area (Å²) in [5.74, 6) is 0. The molecule has 0 bridgehead atoms. The summed E-state index contributed by atoms with van der Waals surface area (Å²) >= 11 is 3.63. The van der Waals surface area contributed by atoms with E-state index in [1.807, 2.05) is 22.7 Å². The van der Waals surface area contributed by atoms with Gasteiger partial charge in [0.25, 0.3) is 0 Å². The van der Waals surface area contributed by atoms with Gasteiger partial charge in [0.1, 0.15) is 0 Å². The largest absolute Gasteiger partial charge is 0.329 e. The van der Waals surface area contributed by atoms with E-state index in [0.717, 1.165) is 13.1 Å². The number of thiophene rings is 2. The van der Waals surface area contributed by atoms with Gasteiger partial charge in [-0.3, -0.25) is 4.90 Å². The molecule has 2 heterocycles. The lowest BCUT2D eigenvalue weighted by Gasteiger charge is -2.29. The number of rotatable bonds is 6. The van der Waals surface area contributed by atoms with E-state index < -0.39 is 0 Å². The molecule has 0 saturated carbocycles. The Labute approximate surface area is 133 Å². The average molecular weight is 316 g/mol. The Bertz CT molecular complexity index is 688. The summed E-state index contributed by atoms with van der Waals surface area (Å²) in [7, 11) is 0. The van der Waals surface area contributed by atoms with Crippen molar-refractivity contribution in [1.82, 2.24) is 4.90 Å². The summed E-state index contributed by atoms with van der Waals surface area (Å²) < 4.78 is 1.35. The minimum Gasteiger partial charge on any atom is -0.329 e. The van der Waals surface area contributed by atoms with Gasteiger partial charge in [-0.2, -0.15) is 0 Å².